The summed E-state index contributed by atoms with van der Waals surface area (Å²) in [4.78, 5) is 17.1. The Labute approximate surface area is 181 Å². The summed E-state index contributed by atoms with van der Waals surface area (Å²) in [5, 5.41) is 3.46. The minimum atomic E-state index is 0. The Hall–Kier alpha value is -1.01. The van der Waals surface area contributed by atoms with Gasteiger partial charge in [0.05, 0.1) is 6.54 Å². The van der Waals surface area contributed by atoms with Crippen LogP contribution in [0, 0.1) is 11.8 Å². The van der Waals surface area contributed by atoms with Crippen LogP contribution in [0.4, 0.5) is 0 Å². The topological polar surface area (TPSA) is 44.8 Å². The van der Waals surface area contributed by atoms with E-state index in [0.717, 1.165) is 43.8 Å². The van der Waals surface area contributed by atoms with Gasteiger partial charge >= 0.3 is 0 Å². The van der Waals surface area contributed by atoms with Crippen molar-refractivity contribution in [3.63, 3.8) is 0 Å². The summed E-state index contributed by atoms with van der Waals surface area (Å²) in [6.45, 7) is 6.99. The van der Waals surface area contributed by atoms with Crippen molar-refractivity contribution in [3.05, 3.63) is 29.8 Å². The van der Waals surface area contributed by atoms with E-state index in [9.17, 15) is 4.79 Å². The second-order valence-corrected chi connectivity index (χ2v) is 7.97. The molecule has 0 aromatic heterocycles. The van der Waals surface area contributed by atoms with Crippen LogP contribution in [0.25, 0.3) is 0 Å². The second-order valence-electron chi connectivity index (χ2n) is 7.97. The first kappa shape index (κ1) is 23.3. The van der Waals surface area contributed by atoms with E-state index >= 15 is 0 Å². The van der Waals surface area contributed by atoms with Crippen molar-refractivity contribution in [2.45, 2.75) is 32.2 Å². The Kier molecular flexibility index (Phi) is 9.35. The number of amides is 1. The van der Waals surface area contributed by atoms with E-state index in [1.807, 2.05) is 18.2 Å². The number of nitrogens with one attached hydrogen (secondary N) is 1. The number of fused-ring (bicyclic) bond motifs is 1. The van der Waals surface area contributed by atoms with E-state index in [1.165, 1.54) is 44.3 Å². The first-order valence-electron chi connectivity index (χ1n) is 10.2. The fourth-order valence-electron chi connectivity index (χ4n) is 4.74. The van der Waals surface area contributed by atoms with Gasteiger partial charge in [0, 0.05) is 31.7 Å². The van der Waals surface area contributed by atoms with Crippen LogP contribution in [-0.2, 0) is 11.3 Å². The van der Waals surface area contributed by atoms with E-state index in [2.05, 4.69) is 21.2 Å². The van der Waals surface area contributed by atoms with E-state index in [4.69, 9.17) is 4.74 Å². The van der Waals surface area contributed by atoms with E-state index in [-0.39, 0.29) is 30.7 Å². The van der Waals surface area contributed by atoms with Gasteiger partial charge in [-0.1, -0.05) is 18.2 Å². The average Bonchev–Trinajstić information content (AvgIpc) is 2.90. The molecule has 4 rings (SSSR count). The SMILES string of the molecule is Cl.Cl.O=C(CN1CCOc2ccccc2C1)N1CCC(C2CCNCC2)CC1. The third-order valence-electron chi connectivity index (χ3n) is 6.33. The van der Waals surface area contributed by atoms with E-state index < -0.39 is 0 Å². The lowest BCUT2D eigenvalue weighted by Gasteiger charge is -2.38. The predicted molar refractivity (Wildman–Crippen MR) is 117 cm³/mol. The molecule has 0 atom stereocenters. The average molecular weight is 430 g/mol. The zero-order valence-corrected chi connectivity index (χ0v) is 18.1. The summed E-state index contributed by atoms with van der Waals surface area (Å²) in [5.74, 6) is 2.94. The summed E-state index contributed by atoms with van der Waals surface area (Å²) >= 11 is 0. The summed E-state index contributed by atoms with van der Waals surface area (Å²) in [7, 11) is 0. The molecule has 0 bridgehead atoms. The number of para-hydroxylation sites is 1. The number of nitrogens with zero attached hydrogens (tertiary/aromatic N) is 2. The summed E-state index contributed by atoms with van der Waals surface area (Å²) in [5.41, 5.74) is 1.18. The Bertz CT molecular complexity index is 617. The number of hydrogen-bond donors (Lipinski definition) is 1. The fraction of sp³-hybridized carbons (Fsp3) is 0.667. The first-order chi connectivity index (χ1) is 12.8. The molecule has 1 aromatic carbocycles. The molecule has 0 saturated carbocycles. The van der Waals surface area contributed by atoms with E-state index in [0.29, 0.717) is 13.2 Å². The zero-order chi connectivity index (χ0) is 17.8. The van der Waals surface area contributed by atoms with Crippen LogP contribution in [0.2, 0.25) is 0 Å². The third kappa shape index (κ3) is 5.76. The standard InChI is InChI=1S/C21H31N3O2.2ClH/c25-21(16-23-13-14-26-20-4-2-1-3-19(20)15-23)24-11-7-18(8-12-24)17-5-9-22-10-6-17;;/h1-4,17-18,22H,5-16H2;2*1H. The Morgan fingerprint density at radius 1 is 1.00 bits per heavy atom. The normalized spacial score (nSPS) is 21.5. The predicted octanol–water partition coefficient (Wildman–Crippen LogP) is 2.96. The van der Waals surface area contributed by atoms with Gasteiger partial charge in [0.2, 0.25) is 5.91 Å². The molecule has 1 amide bonds. The van der Waals surface area contributed by atoms with Crippen molar-refractivity contribution in [1.29, 1.82) is 0 Å². The molecule has 0 aliphatic carbocycles. The molecule has 2 fully saturated rings. The van der Waals surface area contributed by atoms with Crippen LogP contribution in [0.15, 0.2) is 24.3 Å². The fourth-order valence-corrected chi connectivity index (χ4v) is 4.74. The molecule has 0 spiro atoms. The maximum absolute atomic E-state index is 12.8. The van der Waals surface area contributed by atoms with Crippen molar-refractivity contribution in [3.8, 4) is 5.75 Å². The largest absolute Gasteiger partial charge is 0.492 e. The van der Waals surface area contributed by atoms with Crippen molar-refractivity contribution in [2.75, 3.05) is 45.9 Å². The van der Waals surface area contributed by atoms with Crippen molar-refractivity contribution in [2.24, 2.45) is 11.8 Å². The number of ether oxygens (including phenoxy) is 1. The number of hydrogen-bond acceptors (Lipinski definition) is 4. The van der Waals surface area contributed by atoms with Gasteiger partial charge in [-0.25, -0.2) is 0 Å². The van der Waals surface area contributed by atoms with Gasteiger partial charge in [0.15, 0.2) is 0 Å². The number of rotatable bonds is 3. The smallest absolute Gasteiger partial charge is 0.236 e. The van der Waals surface area contributed by atoms with Crippen molar-refractivity contribution < 1.29 is 9.53 Å². The highest BCUT2D eigenvalue weighted by atomic mass is 35.5. The minimum absolute atomic E-state index is 0. The molecule has 2 saturated heterocycles. The Morgan fingerprint density at radius 2 is 1.68 bits per heavy atom. The molecule has 0 unspecified atom stereocenters. The quantitative estimate of drug-likeness (QED) is 0.801. The number of piperidine rings is 2. The summed E-state index contributed by atoms with van der Waals surface area (Å²) < 4.78 is 5.82. The number of benzene rings is 1. The first-order valence-corrected chi connectivity index (χ1v) is 10.2. The summed E-state index contributed by atoms with van der Waals surface area (Å²) in [6.07, 6.45) is 4.99. The molecule has 28 heavy (non-hydrogen) atoms. The van der Waals surface area contributed by atoms with Crippen LogP contribution in [0.3, 0.4) is 0 Å². The molecular formula is C21H33Cl2N3O2. The molecule has 3 aliphatic heterocycles. The number of carbonyl (C=O) groups excluding carboxylic acids is 1. The van der Waals surface area contributed by atoms with Crippen molar-refractivity contribution in [1.82, 2.24) is 15.1 Å². The highest BCUT2D eigenvalue weighted by Crippen LogP contribution is 2.31. The lowest BCUT2D eigenvalue weighted by Crippen LogP contribution is -2.46. The van der Waals surface area contributed by atoms with Gasteiger partial charge in [-0.05, 0) is 56.7 Å². The minimum Gasteiger partial charge on any atom is -0.492 e. The van der Waals surface area contributed by atoms with Gasteiger partial charge < -0.3 is 15.0 Å². The molecule has 7 heteroatoms. The molecule has 3 heterocycles. The molecule has 3 aliphatic rings. The molecular weight excluding hydrogens is 397 g/mol. The second kappa shape index (κ2) is 11.2. The highest BCUT2D eigenvalue weighted by Gasteiger charge is 2.30. The van der Waals surface area contributed by atoms with Crippen LogP contribution >= 0.6 is 24.8 Å². The molecule has 0 radical (unpaired) electrons. The van der Waals surface area contributed by atoms with Crippen LogP contribution < -0.4 is 10.1 Å². The van der Waals surface area contributed by atoms with Crippen LogP contribution in [0.5, 0.6) is 5.75 Å². The Morgan fingerprint density at radius 3 is 2.43 bits per heavy atom. The number of likely N-dealkylation sites (tertiary alicyclic amines) is 1. The highest BCUT2D eigenvalue weighted by molar-refractivity contribution is 5.85. The lowest BCUT2D eigenvalue weighted by molar-refractivity contribution is -0.134. The third-order valence-corrected chi connectivity index (χ3v) is 6.33. The van der Waals surface area contributed by atoms with Gasteiger partial charge in [-0.15, -0.1) is 24.8 Å². The van der Waals surface area contributed by atoms with E-state index in [1.54, 1.807) is 0 Å². The molecule has 1 aromatic rings. The number of halogens is 2. The van der Waals surface area contributed by atoms with Crippen LogP contribution in [0.1, 0.15) is 31.2 Å². The Balaban J connectivity index is 0.00000140. The number of carbonyl (C=O) groups is 1. The molecule has 1 N–H and O–H groups in total. The van der Waals surface area contributed by atoms with Crippen molar-refractivity contribution >= 4 is 30.7 Å². The lowest BCUT2D eigenvalue weighted by atomic mass is 9.79. The summed E-state index contributed by atoms with van der Waals surface area (Å²) in [6, 6.07) is 8.17. The van der Waals surface area contributed by atoms with Gasteiger partial charge in [-0.3, -0.25) is 9.69 Å². The van der Waals surface area contributed by atoms with Crippen LogP contribution in [-0.4, -0.2) is 61.6 Å². The molecule has 5 nitrogen and oxygen atoms in total. The zero-order valence-electron chi connectivity index (χ0n) is 16.5. The van der Waals surface area contributed by atoms with Gasteiger partial charge in [-0.2, -0.15) is 0 Å². The van der Waals surface area contributed by atoms with Gasteiger partial charge in [0.1, 0.15) is 12.4 Å². The maximum atomic E-state index is 12.8. The molecule has 158 valence electrons. The monoisotopic (exact) mass is 429 g/mol. The van der Waals surface area contributed by atoms with Gasteiger partial charge in [0.25, 0.3) is 0 Å². The maximum Gasteiger partial charge on any atom is 0.236 e.